The van der Waals surface area contributed by atoms with Crippen LogP contribution >= 0.6 is 23.5 Å². The van der Waals surface area contributed by atoms with Gasteiger partial charge in [0.25, 0.3) is 0 Å². The third-order valence-electron chi connectivity index (χ3n) is 1.35. The highest BCUT2D eigenvalue weighted by Crippen LogP contribution is 2.08. The van der Waals surface area contributed by atoms with Gasteiger partial charge in [-0.05, 0) is 17.8 Å². The molecule has 2 unspecified atom stereocenters. The van der Waals surface area contributed by atoms with Crippen LogP contribution < -0.4 is 0 Å². The first-order valence-electron chi connectivity index (χ1n) is 4.03. The van der Waals surface area contributed by atoms with Crippen molar-refractivity contribution in [1.82, 2.24) is 0 Å². The molecular weight excluding hydrogens is 188 g/mol. The Morgan fingerprint density at radius 1 is 1.25 bits per heavy atom. The predicted molar refractivity (Wildman–Crippen MR) is 64.1 cm³/mol. The maximum absolute atomic E-state index is 7.03. The van der Waals surface area contributed by atoms with Gasteiger partial charge >= 0.3 is 0 Å². The summed E-state index contributed by atoms with van der Waals surface area (Å²) in [7, 11) is 0. The molecule has 2 atom stereocenters. The van der Waals surface area contributed by atoms with Crippen LogP contribution in [0.2, 0.25) is 0 Å². The lowest BCUT2D eigenvalue weighted by atomic mass is 10.5. The molecular formula is C8H20N2S2-2. The maximum atomic E-state index is 7.03. The Balaban J connectivity index is 0. The molecule has 0 spiro atoms. The Hall–Kier alpha value is 0.620. The van der Waals surface area contributed by atoms with E-state index >= 15 is 0 Å². The van der Waals surface area contributed by atoms with Gasteiger partial charge in [-0.15, -0.1) is 6.54 Å². The first-order chi connectivity index (χ1) is 5.62. The number of thioether (sulfide) groups is 2. The molecule has 0 saturated heterocycles. The molecule has 0 aromatic carbocycles. The average molecular weight is 208 g/mol. The Morgan fingerprint density at radius 2 is 1.75 bits per heavy atom. The van der Waals surface area contributed by atoms with Gasteiger partial charge in [0.1, 0.15) is 0 Å². The second-order valence-corrected chi connectivity index (χ2v) is 4.70. The summed E-state index contributed by atoms with van der Waals surface area (Å²) >= 11 is 3.33. The van der Waals surface area contributed by atoms with Crippen molar-refractivity contribution in [3.05, 3.63) is 11.5 Å². The van der Waals surface area contributed by atoms with E-state index in [9.17, 15) is 0 Å². The molecule has 0 bridgehead atoms. The molecule has 4 heteroatoms. The van der Waals surface area contributed by atoms with Crippen molar-refractivity contribution in [3.63, 3.8) is 0 Å². The number of nitrogens with one attached hydrogen (secondary N) is 2. The molecule has 2 nitrogen and oxygen atoms in total. The molecule has 0 aliphatic heterocycles. The molecule has 0 amide bonds. The fourth-order valence-electron chi connectivity index (χ4n) is 0.250. The molecule has 12 heavy (non-hydrogen) atoms. The van der Waals surface area contributed by atoms with E-state index in [-0.39, 0.29) is 5.37 Å². The van der Waals surface area contributed by atoms with Crippen molar-refractivity contribution in [2.24, 2.45) is 0 Å². The Kier molecular flexibility index (Phi) is 14.6. The van der Waals surface area contributed by atoms with Crippen molar-refractivity contribution in [1.29, 1.82) is 0 Å². The van der Waals surface area contributed by atoms with E-state index in [0.29, 0.717) is 11.8 Å². The van der Waals surface area contributed by atoms with Crippen molar-refractivity contribution in [3.8, 4) is 0 Å². The Labute approximate surface area is 85.2 Å². The van der Waals surface area contributed by atoms with Crippen LogP contribution in [-0.4, -0.2) is 29.7 Å². The SMILES string of the molecule is CCC([NH-])SC.CSC(C)C[NH-]. The highest BCUT2D eigenvalue weighted by Gasteiger charge is 1.84. The van der Waals surface area contributed by atoms with E-state index in [1.807, 2.05) is 19.4 Å². The number of hydrogen-bond acceptors (Lipinski definition) is 2. The molecule has 0 aliphatic rings. The smallest absolute Gasteiger partial charge is 0.0174 e. The number of rotatable bonds is 4. The Bertz CT molecular complexity index is 63.5. The lowest BCUT2D eigenvalue weighted by Crippen LogP contribution is -1.95. The largest absolute Gasteiger partial charge is 0.677 e. The highest BCUT2D eigenvalue weighted by molar-refractivity contribution is 7.99. The summed E-state index contributed by atoms with van der Waals surface area (Å²) in [5.41, 5.74) is 13.8. The van der Waals surface area contributed by atoms with Gasteiger partial charge < -0.3 is 11.5 Å². The quantitative estimate of drug-likeness (QED) is 0.703. The molecule has 0 heterocycles. The molecule has 0 fully saturated rings. The number of hydrogen-bond donors (Lipinski definition) is 0. The minimum absolute atomic E-state index is 0.102. The van der Waals surface area contributed by atoms with Crippen LogP contribution in [0.1, 0.15) is 20.3 Å². The summed E-state index contributed by atoms with van der Waals surface area (Å²) in [4.78, 5) is 0. The molecule has 0 radical (unpaired) electrons. The van der Waals surface area contributed by atoms with E-state index in [4.69, 9.17) is 11.5 Å². The van der Waals surface area contributed by atoms with E-state index in [1.165, 1.54) is 0 Å². The van der Waals surface area contributed by atoms with Crippen LogP contribution in [0.4, 0.5) is 0 Å². The van der Waals surface area contributed by atoms with Gasteiger partial charge in [-0.25, -0.2) is 0 Å². The van der Waals surface area contributed by atoms with E-state index < -0.39 is 0 Å². The van der Waals surface area contributed by atoms with Gasteiger partial charge in [0.2, 0.25) is 0 Å². The molecule has 76 valence electrons. The van der Waals surface area contributed by atoms with Crippen molar-refractivity contribution < 1.29 is 0 Å². The lowest BCUT2D eigenvalue weighted by molar-refractivity contribution is 0.984. The van der Waals surface area contributed by atoms with E-state index in [1.54, 1.807) is 23.5 Å². The topological polar surface area (TPSA) is 47.6 Å². The fourth-order valence-corrected chi connectivity index (χ4v) is 0.750. The van der Waals surface area contributed by atoms with Gasteiger partial charge in [0.15, 0.2) is 0 Å². The van der Waals surface area contributed by atoms with Crippen LogP contribution in [0.15, 0.2) is 0 Å². The molecule has 0 saturated carbocycles. The average Bonchev–Trinajstić information content (AvgIpc) is 2.16. The molecule has 0 aromatic rings. The second-order valence-electron chi connectivity index (χ2n) is 2.38. The zero-order valence-corrected chi connectivity index (χ0v) is 10.0. The third-order valence-corrected chi connectivity index (χ3v) is 3.22. The van der Waals surface area contributed by atoms with Crippen LogP contribution in [0.5, 0.6) is 0 Å². The highest BCUT2D eigenvalue weighted by atomic mass is 32.2. The Morgan fingerprint density at radius 3 is 1.75 bits per heavy atom. The monoisotopic (exact) mass is 208 g/mol. The first-order valence-corrected chi connectivity index (χ1v) is 6.61. The summed E-state index contributed by atoms with van der Waals surface area (Å²) in [5.74, 6) is 0. The van der Waals surface area contributed by atoms with Crippen molar-refractivity contribution >= 4 is 23.5 Å². The molecule has 0 rings (SSSR count). The predicted octanol–water partition coefficient (Wildman–Crippen LogP) is 3.93. The van der Waals surface area contributed by atoms with Crippen LogP contribution in [0.3, 0.4) is 0 Å². The first kappa shape index (κ1) is 15.1. The van der Waals surface area contributed by atoms with Crippen molar-refractivity contribution in [2.75, 3.05) is 19.1 Å². The van der Waals surface area contributed by atoms with Gasteiger partial charge in [0.05, 0.1) is 0 Å². The summed E-state index contributed by atoms with van der Waals surface area (Å²) in [6.45, 7) is 4.62. The summed E-state index contributed by atoms with van der Waals surface area (Å²) in [5, 5.41) is 0.620. The zero-order valence-electron chi connectivity index (χ0n) is 8.39. The van der Waals surface area contributed by atoms with Crippen LogP contribution in [0, 0.1) is 0 Å². The molecule has 0 aliphatic carbocycles. The minimum Gasteiger partial charge on any atom is -0.677 e. The fraction of sp³-hybridized carbons (Fsp3) is 1.00. The van der Waals surface area contributed by atoms with Gasteiger partial charge in [-0.1, -0.05) is 25.6 Å². The molecule has 0 aromatic heterocycles. The van der Waals surface area contributed by atoms with Crippen LogP contribution in [0.25, 0.3) is 11.5 Å². The van der Waals surface area contributed by atoms with E-state index in [0.717, 1.165) is 6.42 Å². The zero-order chi connectivity index (χ0) is 9.98. The van der Waals surface area contributed by atoms with Crippen LogP contribution in [-0.2, 0) is 0 Å². The van der Waals surface area contributed by atoms with Crippen molar-refractivity contribution in [2.45, 2.75) is 30.9 Å². The second kappa shape index (κ2) is 11.6. The molecule has 2 N–H and O–H groups in total. The third kappa shape index (κ3) is 13.2. The van der Waals surface area contributed by atoms with Gasteiger partial charge in [0, 0.05) is 0 Å². The summed E-state index contributed by atoms with van der Waals surface area (Å²) < 4.78 is 0. The van der Waals surface area contributed by atoms with Gasteiger partial charge in [-0.2, -0.15) is 23.5 Å². The minimum atomic E-state index is 0.102. The van der Waals surface area contributed by atoms with E-state index in [2.05, 4.69) is 6.92 Å². The van der Waals surface area contributed by atoms with Gasteiger partial charge in [-0.3, -0.25) is 0 Å². The summed E-state index contributed by atoms with van der Waals surface area (Å²) in [6, 6.07) is 0. The lowest BCUT2D eigenvalue weighted by Gasteiger charge is -2.11. The maximum Gasteiger partial charge on any atom is -0.0174 e. The summed E-state index contributed by atoms with van der Waals surface area (Å²) in [6.07, 6.45) is 4.95. The standard InChI is InChI=1S/2C4H10NS/c1-4(3-5)6-2;1-3-4(5)6-2/h2*4-5H,3H2,1-2H3/q2*-1. The normalized spacial score (nSPS) is 14.5.